The predicted octanol–water partition coefficient (Wildman–Crippen LogP) is 3.51. The Kier molecular flexibility index (Phi) is 2.74. The third-order valence-electron chi connectivity index (χ3n) is 2.82. The fraction of sp³-hybridized carbons (Fsp3) is 1.00. The Morgan fingerprint density at radius 1 is 0.917 bits per heavy atom. The molecule has 1 fully saturated rings. The minimum atomic E-state index is -0.919. The van der Waals surface area contributed by atoms with Gasteiger partial charge in [-0.2, -0.15) is 0 Å². The molecule has 2 heteroatoms. The predicted molar refractivity (Wildman–Crippen MR) is 46.6 cm³/mol. The molecule has 1 aliphatic carbocycles. The Morgan fingerprint density at radius 2 is 1.33 bits per heavy atom. The highest BCUT2D eigenvalue weighted by molar-refractivity contribution is 4.85. The summed E-state index contributed by atoms with van der Waals surface area (Å²) >= 11 is 0. The van der Waals surface area contributed by atoms with Crippen molar-refractivity contribution in [3.05, 3.63) is 0 Å². The summed E-state index contributed by atoms with van der Waals surface area (Å²) in [6.45, 7) is 6.17. The van der Waals surface area contributed by atoms with E-state index in [4.69, 9.17) is 0 Å². The van der Waals surface area contributed by atoms with Crippen LogP contribution in [0.25, 0.3) is 0 Å². The van der Waals surface area contributed by atoms with Gasteiger partial charge >= 0.3 is 0 Å². The summed E-state index contributed by atoms with van der Waals surface area (Å²) in [5.74, 6) is 0.205. The molecule has 1 aliphatic rings. The van der Waals surface area contributed by atoms with Gasteiger partial charge in [-0.1, -0.05) is 20.8 Å². The van der Waals surface area contributed by atoms with E-state index in [1.54, 1.807) is 0 Å². The van der Waals surface area contributed by atoms with E-state index >= 15 is 0 Å². The van der Waals surface area contributed by atoms with Crippen molar-refractivity contribution in [2.24, 2.45) is 11.3 Å². The van der Waals surface area contributed by atoms with Crippen molar-refractivity contribution in [1.82, 2.24) is 0 Å². The number of hydrogen-bond acceptors (Lipinski definition) is 0. The molecule has 1 rings (SSSR count). The zero-order valence-corrected chi connectivity index (χ0v) is 8.11. The van der Waals surface area contributed by atoms with Crippen LogP contribution in [0.5, 0.6) is 0 Å². The Balaban J connectivity index is 2.55. The summed E-state index contributed by atoms with van der Waals surface area (Å²) in [6.07, 6.45) is -0.628. The molecule has 0 aromatic rings. The molecule has 0 spiro atoms. The van der Waals surface area contributed by atoms with Gasteiger partial charge in [0.1, 0.15) is 12.3 Å². The maximum Gasteiger partial charge on any atom is 0.103 e. The first-order valence-electron chi connectivity index (χ1n) is 4.67. The van der Waals surface area contributed by atoms with Crippen LogP contribution in [0.3, 0.4) is 0 Å². The van der Waals surface area contributed by atoms with Crippen LogP contribution >= 0.6 is 0 Å². The Bertz CT molecular complexity index is 138. The van der Waals surface area contributed by atoms with E-state index in [2.05, 4.69) is 20.8 Å². The van der Waals surface area contributed by atoms with Gasteiger partial charge in [0, 0.05) is 6.42 Å². The molecule has 12 heavy (non-hydrogen) atoms. The van der Waals surface area contributed by atoms with E-state index in [0.717, 1.165) is 0 Å². The van der Waals surface area contributed by atoms with E-state index in [1.807, 2.05) is 0 Å². The van der Waals surface area contributed by atoms with Gasteiger partial charge in [-0.25, -0.2) is 8.78 Å². The van der Waals surface area contributed by atoms with Crippen LogP contribution in [0.2, 0.25) is 0 Å². The molecule has 0 aliphatic heterocycles. The third-order valence-corrected chi connectivity index (χ3v) is 2.82. The van der Waals surface area contributed by atoms with E-state index in [1.165, 1.54) is 0 Å². The van der Waals surface area contributed by atoms with Gasteiger partial charge in [0.25, 0.3) is 0 Å². The van der Waals surface area contributed by atoms with Gasteiger partial charge in [0.05, 0.1) is 0 Å². The van der Waals surface area contributed by atoms with E-state index in [-0.39, 0.29) is 17.8 Å². The summed E-state index contributed by atoms with van der Waals surface area (Å²) < 4.78 is 25.9. The Morgan fingerprint density at radius 3 is 1.67 bits per heavy atom. The van der Waals surface area contributed by atoms with Crippen LogP contribution in [0.15, 0.2) is 0 Å². The second kappa shape index (κ2) is 3.31. The molecule has 0 amide bonds. The van der Waals surface area contributed by atoms with Gasteiger partial charge in [0.15, 0.2) is 0 Å². The van der Waals surface area contributed by atoms with Crippen LogP contribution in [0.1, 0.15) is 40.0 Å². The third kappa shape index (κ3) is 2.43. The lowest BCUT2D eigenvalue weighted by Crippen LogP contribution is -2.32. The van der Waals surface area contributed by atoms with Crippen LogP contribution in [-0.2, 0) is 0 Å². The molecule has 0 nitrogen and oxygen atoms in total. The molecule has 0 saturated heterocycles. The van der Waals surface area contributed by atoms with Crippen molar-refractivity contribution in [3.63, 3.8) is 0 Å². The van der Waals surface area contributed by atoms with Crippen molar-refractivity contribution in [1.29, 1.82) is 0 Å². The highest BCUT2D eigenvalue weighted by Crippen LogP contribution is 2.39. The molecule has 0 bridgehead atoms. The van der Waals surface area contributed by atoms with Crippen molar-refractivity contribution < 1.29 is 8.78 Å². The molecule has 2 atom stereocenters. The zero-order valence-electron chi connectivity index (χ0n) is 8.11. The standard InChI is InChI=1S/C10H18F2/c1-10(2,3)7-4-8(11)6-9(12)5-7/h7-9H,4-6H2,1-3H3. The molecule has 0 radical (unpaired) electrons. The summed E-state index contributed by atoms with van der Waals surface area (Å²) in [7, 11) is 0. The molecule has 1 saturated carbocycles. The smallest absolute Gasteiger partial charge is 0.103 e. The fourth-order valence-corrected chi connectivity index (χ4v) is 1.89. The Labute approximate surface area is 73.3 Å². The lowest BCUT2D eigenvalue weighted by molar-refractivity contribution is 0.0606. The van der Waals surface area contributed by atoms with Gasteiger partial charge in [-0.05, 0) is 24.2 Å². The number of halogens is 2. The fourth-order valence-electron chi connectivity index (χ4n) is 1.89. The highest BCUT2D eigenvalue weighted by Gasteiger charge is 2.35. The molecule has 2 unspecified atom stereocenters. The van der Waals surface area contributed by atoms with Gasteiger partial charge < -0.3 is 0 Å². The number of alkyl halides is 2. The lowest BCUT2D eigenvalue weighted by Gasteiger charge is -2.36. The minimum absolute atomic E-state index is 0.0507. The first-order valence-corrected chi connectivity index (χ1v) is 4.67. The molecule has 0 aromatic heterocycles. The molecule has 0 heterocycles. The highest BCUT2D eigenvalue weighted by atomic mass is 19.1. The van der Waals surface area contributed by atoms with Crippen molar-refractivity contribution in [2.75, 3.05) is 0 Å². The second-order valence-electron chi connectivity index (χ2n) is 4.96. The topological polar surface area (TPSA) is 0 Å². The van der Waals surface area contributed by atoms with Crippen LogP contribution in [0.4, 0.5) is 8.78 Å². The van der Waals surface area contributed by atoms with Crippen molar-refractivity contribution in [3.8, 4) is 0 Å². The summed E-state index contributed by atoms with van der Waals surface area (Å²) in [4.78, 5) is 0. The number of rotatable bonds is 0. The van der Waals surface area contributed by atoms with E-state index in [9.17, 15) is 8.78 Å². The van der Waals surface area contributed by atoms with Crippen LogP contribution < -0.4 is 0 Å². The normalized spacial score (nSPS) is 38.2. The van der Waals surface area contributed by atoms with Gasteiger partial charge in [-0.3, -0.25) is 0 Å². The Hall–Kier alpha value is -0.140. The first-order chi connectivity index (χ1) is 5.39. The first kappa shape index (κ1) is 9.94. The molecular formula is C10H18F2. The van der Waals surface area contributed by atoms with E-state index in [0.29, 0.717) is 12.8 Å². The zero-order chi connectivity index (χ0) is 9.35. The molecular weight excluding hydrogens is 158 g/mol. The maximum atomic E-state index is 13.0. The lowest BCUT2D eigenvalue weighted by atomic mass is 9.71. The molecule has 0 N–H and O–H groups in total. The summed E-state index contributed by atoms with van der Waals surface area (Å²) in [5, 5.41) is 0. The summed E-state index contributed by atoms with van der Waals surface area (Å²) in [6, 6.07) is 0. The van der Waals surface area contributed by atoms with Crippen LogP contribution in [-0.4, -0.2) is 12.3 Å². The van der Waals surface area contributed by atoms with Crippen molar-refractivity contribution >= 4 is 0 Å². The largest absolute Gasteiger partial charge is 0.247 e. The maximum absolute atomic E-state index is 13.0. The van der Waals surface area contributed by atoms with Crippen LogP contribution in [0, 0.1) is 11.3 Å². The SMILES string of the molecule is CC(C)(C)C1CC(F)CC(F)C1. The summed E-state index contributed by atoms with van der Waals surface area (Å²) in [5.41, 5.74) is 0.0507. The average Bonchev–Trinajstić information content (AvgIpc) is 1.82. The average molecular weight is 176 g/mol. The molecule has 0 aromatic carbocycles. The van der Waals surface area contributed by atoms with Gasteiger partial charge in [-0.15, -0.1) is 0 Å². The second-order valence-corrected chi connectivity index (χ2v) is 4.96. The van der Waals surface area contributed by atoms with Gasteiger partial charge in [0.2, 0.25) is 0 Å². The minimum Gasteiger partial charge on any atom is -0.247 e. The quantitative estimate of drug-likeness (QED) is 0.530. The number of hydrogen-bond donors (Lipinski definition) is 0. The van der Waals surface area contributed by atoms with E-state index < -0.39 is 12.3 Å². The monoisotopic (exact) mass is 176 g/mol. The molecule has 72 valence electrons. The van der Waals surface area contributed by atoms with Crippen molar-refractivity contribution in [2.45, 2.75) is 52.4 Å².